The van der Waals surface area contributed by atoms with E-state index in [0.717, 1.165) is 18.4 Å². The Labute approximate surface area is 240 Å². The number of aromatic nitrogens is 2. The average Bonchev–Trinajstić information content (AvgIpc) is 3.61. The molecule has 2 aromatic heterocycles. The number of fused-ring (bicyclic) bond motifs is 1. The maximum Gasteiger partial charge on any atom is 0.274 e. The van der Waals surface area contributed by atoms with Gasteiger partial charge in [-0.05, 0) is 77.2 Å². The number of likely N-dealkylation sites (tertiary alicyclic amines) is 1. The zero-order valence-corrected chi connectivity index (χ0v) is 24.2. The van der Waals surface area contributed by atoms with Crippen molar-refractivity contribution < 1.29 is 18.8 Å². The lowest BCUT2D eigenvalue weighted by atomic mass is 10.1. The third-order valence-electron chi connectivity index (χ3n) is 7.53. The lowest BCUT2D eigenvalue weighted by Crippen LogP contribution is -2.57. The Morgan fingerprint density at radius 3 is 2.59 bits per heavy atom. The zero-order valence-electron chi connectivity index (χ0n) is 24.2. The molecule has 0 radical (unpaired) electrons. The standard InChI is InChI=1S/C30H40FN7O3/c1-21(32-2)28(39)34-25(19-35(3)4)30(41)38-16-7-8-24(38)18-37(17-14-22-10-12-23(31)13-11-22)29(40)26-20-36-15-6-5-9-27(36)33-26/h5-6,9-13,15,20-21,24-25,32H,7-8,14,16-19H2,1-4H3,(H,34,39)/t21-,24+,25-/m0/s1. The molecule has 2 N–H and O–H groups in total. The lowest BCUT2D eigenvalue weighted by Gasteiger charge is -2.34. The Morgan fingerprint density at radius 1 is 1.15 bits per heavy atom. The molecule has 41 heavy (non-hydrogen) atoms. The van der Waals surface area contributed by atoms with Crippen molar-refractivity contribution in [3.8, 4) is 0 Å². The molecule has 1 aliphatic rings. The van der Waals surface area contributed by atoms with Gasteiger partial charge in [-0.3, -0.25) is 14.4 Å². The van der Waals surface area contributed by atoms with Crippen LogP contribution in [-0.4, -0.2) is 107 Å². The first-order chi connectivity index (χ1) is 19.7. The number of nitrogens with zero attached hydrogens (tertiary/aromatic N) is 5. The van der Waals surface area contributed by atoms with Gasteiger partial charge in [0, 0.05) is 44.6 Å². The Hall–Kier alpha value is -3.83. The molecular formula is C30H40FN7O3. The minimum atomic E-state index is -0.712. The van der Waals surface area contributed by atoms with Crippen molar-refractivity contribution in [3.05, 3.63) is 71.9 Å². The number of hydrogen-bond donors (Lipinski definition) is 2. The van der Waals surface area contributed by atoms with Crippen LogP contribution in [0.15, 0.2) is 54.9 Å². The van der Waals surface area contributed by atoms with Crippen molar-refractivity contribution in [2.24, 2.45) is 0 Å². The van der Waals surface area contributed by atoms with Gasteiger partial charge in [0.1, 0.15) is 23.2 Å². The molecule has 11 heteroatoms. The van der Waals surface area contributed by atoms with Crippen molar-refractivity contribution >= 4 is 23.4 Å². The summed E-state index contributed by atoms with van der Waals surface area (Å²) in [5.41, 5.74) is 1.90. The van der Waals surface area contributed by atoms with E-state index >= 15 is 0 Å². The number of benzene rings is 1. The largest absolute Gasteiger partial charge is 0.342 e. The molecule has 0 aliphatic carbocycles. The number of imidazole rings is 1. The highest BCUT2D eigenvalue weighted by Crippen LogP contribution is 2.21. The highest BCUT2D eigenvalue weighted by atomic mass is 19.1. The van der Waals surface area contributed by atoms with E-state index in [1.807, 2.05) is 43.4 Å². The van der Waals surface area contributed by atoms with Crippen LogP contribution >= 0.6 is 0 Å². The van der Waals surface area contributed by atoms with Crippen LogP contribution in [0, 0.1) is 5.82 Å². The number of amides is 3. The summed E-state index contributed by atoms with van der Waals surface area (Å²) in [5.74, 6) is -0.936. The maximum atomic E-state index is 13.8. The van der Waals surface area contributed by atoms with Crippen molar-refractivity contribution in [2.75, 3.05) is 47.3 Å². The molecule has 3 amide bonds. The fraction of sp³-hybridized carbons (Fsp3) is 0.467. The van der Waals surface area contributed by atoms with E-state index < -0.39 is 12.1 Å². The Balaban J connectivity index is 1.55. The highest BCUT2D eigenvalue weighted by Gasteiger charge is 2.36. The van der Waals surface area contributed by atoms with Gasteiger partial charge >= 0.3 is 0 Å². The molecule has 0 saturated carbocycles. The van der Waals surface area contributed by atoms with Gasteiger partial charge in [-0.15, -0.1) is 0 Å². The lowest BCUT2D eigenvalue weighted by molar-refractivity contribution is -0.138. The minimum Gasteiger partial charge on any atom is -0.342 e. The zero-order chi connectivity index (χ0) is 29.5. The van der Waals surface area contributed by atoms with Crippen molar-refractivity contribution in [3.63, 3.8) is 0 Å². The second-order valence-corrected chi connectivity index (χ2v) is 10.9. The molecule has 3 atom stereocenters. The Bertz CT molecular complexity index is 1310. The van der Waals surface area contributed by atoms with Crippen LogP contribution in [0.25, 0.3) is 5.65 Å². The number of likely N-dealkylation sites (N-methyl/N-ethyl adjacent to an activating group) is 2. The predicted octanol–water partition coefficient (Wildman–Crippen LogP) is 1.80. The van der Waals surface area contributed by atoms with E-state index in [2.05, 4.69) is 15.6 Å². The van der Waals surface area contributed by atoms with Crippen LogP contribution in [0.3, 0.4) is 0 Å². The first kappa shape index (κ1) is 30.1. The molecule has 1 saturated heterocycles. The monoisotopic (exact) mass is 565 g/mol. The van der Waals surface area contributed by atoms with E-state index in [1.54, 1.807) is 46.5 Å². The topological polar surface area (TPSA) is 102 Å². The molecule has 220 valence electrons. The SMILES string of the molecule is CN[C@@H](C)C(=O)N[C@@H](CN(C)C)C(=O)N1CCC[C@@H]1CN(CCc1ccc(F)cc1)C(=O)c1cn2ccccc2n1. The molecule has 0 bridgehead atoms. The van der Waals surface area contributed by atoms with Crippen molar-refractivity contribution in [1.82, 2.24) is 34.7 Å². The summed E-state index contributed by atoms with van der Waals surface area (Å²) in [4.78, 5) is 50.2. The van der Waals surface area contributed by atoms with Crippen LogP contribution in [0.5, 0.6) is 0 Å². The smallest absolute Gasteiger partial charge is 0.274 e. The van der Waals surface area contributed by atoms with Crippen LogP contribution in [0.1, 0.15) is 35.8 Å². The number of nitrogens with one attached hydrogen (secondary N) is 2. The summed E-state index contributed by atoms with van der Waals surface area (Å²) in [7, 11) is 5.42. The molecule has 1 aromatic carbocycles. The molecule has 1 fully saturated rings. The maximum absolute atomic E-state index is 13.8. The molecule has 3 heterocycles. The van der Waals surface area contributed by atoms with Crippen molar-refractivity contribution in [1.29, 1.82) is 0 Å². The fourth-order valence-electron chi connectivity index (χ4n) is 5.14. The normalized spacial score (nSPS) is 16.6. The van der Waals surface area contributed by atoms with Crippen LogP contribution in [0.4, 0.5) is 4.39 Å². The number of pyridine rings is 1. The minimum absolute atomic E-state index is 0.156. The van der Waals surface area contributed by atoms with E-state index in [0.29, 0.717) is 43.9 Å². The van der Waals surface area contributed by atoms with E-state index in [9.17, 15) is 18.8 Å². The molecule has 10 nitrogen and oxygen atoms in total. The van der Waals surface area contributed by atoms with Gasteiger partial charge in [-0.1, -0.05) is 18.2 Å². The second kappa shape index (κ2) is 13.7. The predicted molar refractivity (Wildman–Crippen MR) is 155 cm³/mol. The van der Waals surface area contributed by atoms with Crippen LogP contribution < -0.4 is 10.6 Å². The van der Waals surface area contributed by atoms with E-state index in [1.165, 1.54) is 12.1 Å². The van der Waals surface area contributed by atoms with Crippen LogP contribution in [0.2, 0.25) is 0 Å². The quantitative estimate of drug-likeness (QED) is 0.347. The Morgan fingerprint density at radius 2 is 1.90 bits per heavy atom. The van der Waals surface area contributed by atoms with Crippen molar-refractivity contribution in [2.45, 2.75) is 44.3 Å². The number of rotatable bonds is 12. The van der Waals surface area contributed by atoms with Gasteiger partial charge in [0.05, 0.1) is 6.04 Å². The first-order valence-corrected chi connectivity index (χ1v) is 14.1. The average molecular weight is 566 g/mol. The summed E-state index contributed by atoms with van der Waals surface area (Å²) in [6.07, 6.45) is 5.63. The summed E-state index contributed by atoms with van der Waals surface area (Å²) >= 11 is 0. The highest BCUT2D eigenvalue weighted by molar-refractivity contribution is 5.93. The first-order valence-electron chi connectivity index (χ1n) is 14.1. The molecule has 3 aromatic rings. The third kappa shape index (κ3) is 7.68. The summed E-state index contributed by atoms with van der Waals surface area (Å²) in [6, 6.07) is 10.5. The van der Waals surface area contributed by atoms with E-state index in [-0.39, 0.29) is 29.6 Å². The van der Waals surface area contributed by atoms with E-state index in [4.69, 9.17) is 0 Å². The van der Waals surface area contributed by atoms with Gasteiger partial charge < -0.3 is 29.7 Å². The third-order valence-corrected chi connectivity index (χ3v) is 7.53. The van der Waals surface area contributed by atoms with Gasteiger partial charge in [0.25, 0.3) is 5.91 Å². The molecule has 0 unspecified atom stereocenters. The summed E-state index contributed by atoms with van der Waals surface area (Å²) in [5, 5.41) is 5.82. The fourth-order valence-corrected chi connectivity index (χ4v) is 5.14. The summed E-state index contributed by atoms with van der Waals surface area (Å²) < 4.78 is 15.3. The van der Waals surface area contributed by atoms with Gasteiger partial charge in [0.15, 0.2) is 0 Å². The van der Waals surface area contributed by atoms with Crippen LogP contribution in [-0.2, 0) is 16.0 Å². The summed E-state index contributed by atoms with van der Waals surface area (Å²) in [6.45, 7) is 3.37. The molecule has 4 rings (SSSR count). The molecular weight excluding hydrogens is 525 g/mol. The number of hydrogen-bond acceptors (Lipinski definition) is 6. The van der Waals surface area contributed by atoms with Gasteiger partial charge in [-0.25, -0.2) is 9.37 Å². The Kier molecular flexibility index (Phi) is 10.1. The van der Waals surface area contributed by atoms with Gasteiger partial charge in [-0.2, -0.15) is 0 Å². The number of carbonyl (C=O) groups excluding carboxylic acids is 3. The number of halogens is 1. The number of carbonyl (C=O) groups is 3. The molecule has 0 spiro atoms. The second-order valence-electron chi connectivity index (χ2n) is 10.9. The molecule has 1 aliphatic heterocycles. The van der Waals surface area contributed by atoms with Gasteiger partial charge in [0.2, 0.25) is 11.8 Å².